The van der Waals surface area contributed by atoms with E-state index in [0.29, 0.717) is 10.6 Å². The summed E-state index contributed by atoms with van der Waals surface area (Å²) in [5, 5.41) is 0.647. The van der Waals surface area contributed by atoms with E-state index in [1.807, 2.05) is 115 Å². The maximum absolute atomic E-state index is 13.0. The van der Waals surface area contributed by atoms with Crippen LogP contribution in [0.15, 0.2) is 115 Å². The first kappa shape index (κ1) is 22.0. The van der Waals surface area contributed by atoms with E-state index in [4.69, 9.17) is 16.4 Å². The van der Waals surface area contributed by atoms with Crippen molar-refractivity contribution in [3.8, 4) is 0 Å². The number of hydrogen-bond donors (Lipinski definition) is 1. The van der Waals surface area contributed by atoms with Crippen LogP contribution in [0.5, 0.6) is 0 Å². The normalized spacial score (nSPS) is 11.9. The van der Waals surface area contributed by atoms with Gasteiger partial charge in [-0.2, -0.15) is 5.48 Å². The predicted octanol–water partition coefficient (Wildman–Crippen LogP) is 6.96. The SMILES string of the molecule is O=C(C[C@H](NOC(c1ccccc1)c1ccccc1)c1ccc(Cl)cc1)c1ccccc1. The molecule has 0 aliphatic carbocycles. The Balaban J connectivity index is 1.59. The van der Waals surface area contributed by atoms with Gasteiger partial charge >= 0.3 is 0 Å². The number of rotatable bonds is 9. The zero-order chi connectivity index (χ0) is 22.2. The van der Waals surface area contributed by atoms with Gasteiger partial charge in [0.15, 0.2) is 5.78 Å². The van der Waals surface area contributed by atoms with Gasteiger partial charge in [-0.3, -0.25) is 9.63 Å². The van der Waals surface area contributed by atoms with Crippen molar-refractivity contribution in [1.82, 2.24) is 5.48 Å². The van der Waals surface area contributed by atoms with Crippen LogP contribution < -0.4 is 5.48 Å². The molecule has 0 spiro atoms. The molecule has 4 rings (SSSR count). The van der Waals surface area contributed by atoms with Crippen molar-refractivity contribution in [3.63, 3.8) is 0 Å². The fraction of sp³-hybridized carbons (Fsp3) is 0.107. The van der Waals surface area contributed by atoms with Crippen molar-refractivity contribution >= 4 is 17.4 Å². The van der Waals surface area contributed by atoms with Crippen molar-refractivity contribution < 1.29 is 9.63 Å². The number of carbonyl (C=O) groups is 1. The minimum Gasteiger partial charge on any atom is -0.294 e. The molecule has 0 amide bonds. The predicted molar refractivity (Wildman–Crippen MR) is 129 cm³/mol. The van der Waals surface area contributed by atoms with Crippen molar-refractivity contribution in [2.45, 2.75) is 18.6 Å². The minimum absolute atomic E-state index is 0.0395. The van der Waals surface area contributed by atoms with Crippen LogP contribution in [0.4, 0.5) is 0 Å². The highest BCUT2D eigenvalue weighted by atomic mass is 35.5. The average molecular weight is 442 g/mol. The summed E-state index contributed by atoms with van der Waals surface area (Å²) < 4.78 is 0. The number of Topliss-reactive ketones (excluding diaryl/α,β-unsaturated/α-hetero) is 1. The number of hydroxylamine groups is 1. The summed E-state index contributed by atoms with van der Waals surface area (Å²) in [7, 11) is 0. The Labute approximate surface area is 193 Å². The second kappa shape index (κ2) is 10.9. The van der Waals surface area contributed by atoms with Crippen LogP contribution >= 0.6 is 11.6 Å². The van der Waals surface area contributed by atoms with Crippen LogP contribution in [0.3, 0.4) is 0 Å². The van der Waals surface area contributed by atoms with Gasteiger partial charge in [0.25, 0.3) is 0 Å². The fourth-order valence-corrected chi connectivity index (χ4v) is 3.71. The van der Waals surface area contributed by atoms with E-state index in [-0.39, 0.29) is 24.3 Å². The molecule has 4 heteroatoms. The molecule has 1 atom stereocenters. The number of nitrogens with one attached hydrogen (secondary N) is 1. The van der Waals surface area contributed by atoms with Gasteiger partial charge in [-0.1, -0.05) is 115 Å². The lowest BCUT2D eigenvalue weighted by atomic mass is 9.98. The lowest BCUT2D eigenvalue weighted by Gasteiger charge is -2.24. The largest absolute Gasteiger partial charge is 0.294 e. The van der Waals surface area contributed by atoms with E-state index in [9.17, 15) is 4.79 Å². The number of benzene rings is 4. The third-order valence-corrected chi connectivity index (χ3v) is 5.54. The Morgan fingerprint density at radius 1 is 0.688 bits per heavy atom. The van der Waals surface area contributed by atoms with Crippen molar-refractivity contribution in [1.29, 1.82) is 0 Å². The maximum Gasteiger partial charge on any atom is 0.164 e. The molecule has 0 saturated carbocycles. The summed E-state index contributed by atoms with van der Waals surface area (Å²) in [4.78, 5) is 19.2. The maximum atomic E-state index is 13.0. The molecule has 4 aromatic rings. The third-order valence-electron chi connectivity index (χ3n) is 5.29. The van der Waals surface area contributed by atoms with Crippen LogP contribution in [0.2, 0.25) is 5.02 Å². The van der Waals surface area contributed by atoms with Crippen LogP contribution in [0.25, 0.3) is 0 Å². The monoisotopic (exact) mass is 441 g/mol. The molecule has 0 bridgehead atoms. The number of halogens is 1. The molecule has 32 heavy (non-hydrogen) atoms. The smallest absolute Gasteiger partial charge is 0.164 e. The molecule has 0 aromatic heterocycles. The summed E-state index contributed by atoms with van der Waals surface area (Å²) in [5.74, 6) is 0.0395. The first-order valence-electron chi connectivity index (χ1n) is 10.6. The molecular formula is C28H24ClNO2. The first-order valence-corrected chi connectivity index (χ1v) is 10.9. The van der Waals surface area contributed by atoms with Gasteiger partial charge in [-0.25, -0.2) is 0 Å². The Kier molecular flexibility index (Phi) is 7.47. The summed E-state index contributed by atoms with van der Waals surface area (Å²) in [5.41, 5.74) is 6.84. The van der Waals surface area contributed by atoms with E-state index in [2.05, 4.69) is 5.48 Å². The van der Waals surface area contributed by atoms with Crippen molar-refractivity contribution in [3.05, 3.63) is 143 Å². The van der Waals surface area contributed by atoms with Crippen molar-refractivity contribution in [2.24, 2.45) is 0 Å². The van der Waals surface area contributed by atoms with Gasteiger partial charge in [-0.05, 0) is 28.8 Å². The standard InChI is InChI=1S/C28H24ClNO2/c29-25-18-16-21(17-19-25)26(20-27(31)22-10-4-1-5-11-22)30-32-28(23-12-6-2-7-13-23)24-14-8-3-9-15-24/h1-19,26,28,30H,20H2/t26-/m0/s1. The van der Waals surface area contributed by atoms with Gasteiger partial charge in [0, 0.05) is 17.0 Å². The van der Waals surface area contributed by atoms with Crippen LogP contribution in [-0.4, -0.2) is 5.78 Å². The number of carbonyl (C=O) groups excluding carboxylic acids is 1. The average Bonchev–Trinajstić information content (AvgIpc) is 2.86. The third kappa shape index (κ3) is 5.71. The van der Waals surface area contributed by atoms with E-state index in [0.717, 1.165) is 16.7 Å². The zero-order valence-corrected chi connectivity index (χ0v) is 18.3. The Morgan fingerprint density at radius 3 is 1.72 bits per heavy atom. The van der Waals surface area contributed by atoms with E-state index < -0.39 is 0 Å². The van der Waals surface area contributed by atoms with Gasteiger partial charge < -0.3 is 0 Å². The second-order valence-electron chi connectivity index (χ2n) is 7.53. The van der Waals surface area contributed by atoms with Crippen molar-refractivity contribution in [2.75, 3.05) is 0 Å². The second-order valence-corrected chi connectivity index (χ2v) is 7.97. The highest BCUT2D eigenvalue weighted by Crippen LogP contribution is 2.28. The number of hydrogen-bond acceptors (Lipinski definition) is 3. The lowest BCUT2D eigenvalue weighted by Crippen LogP contribution is -2.27. The molecule has 160 valence electrons. The first-order chi connectivity index (χ1) is 15.7. The zero-order valence-electron chi connectivity index (χ0n) is 17.5. The summed E-state index contributed by atoms with van der Waals surface area (Å²) in [6.07, 6.45) is -0.0684. The van der Waals surface area contributed by atoms with E-state index >= 15 is 0 Å². The molecule has 0 radical (unpaired) electrons. The molecule has 0 unspecified atom stereocenters. The van der Waals surface area contributed by atoms with Crippen LogP contribution in [0, 0.1) is 0 Å². The Morgan fingerprint density at radius 2 is 1.19 bits per heavy atom. The quantitative estimate of drug-likeness (QED) is 0.225. The Hall–Kier alpha value is -3.24. The topological polar surface area (TPSA) is 38.3 Å². The molecule has 4 aromatic carbocycles. The highest BCUT2D eigenvalue weighted by molar-refractivity contribution is 6.30. The van der Waals surface area contributed by atoms with Gasteiger partial charge in [0.1, 0.15) is 6.10 Å². The Bertz CT molecular complexity index is 1080. The van der Waals surface area contributed by atoms with Gasteiger partial charge in [0.2, 0.25) is 0 Å². The summed E-state index contributed by atoms with van der Waals surface area (Å²) in [6.45, 7) is 0. The fourth-order valence-electron chi connectivity index (χ4n) is 3.58. The van der Waals surface area contributed by atoms with Crippen LogP contribution in [-0.2, 0) is 4.84 Å². The van der Waals surface area contributed by atoms with Gasteiger partial charge in [-0.15, -0.1) is 0 Å². The molecule has 0 heterocycles. The molecule has 1 N–H and O–H groups in total. The molecule has 3 nitrogen and oxygen atoms in total. The van der Waals surface area contributed by atoms with Crippen LogP contribution in [0.1, 0.15) is 45.6 Å². The van der Waals surface area contributed by atoms with Gasteiger partial charge in [0.05, 0.1) is 6.04 Å². The van der Waals surface area contributed by atoms with E-state index in [1.54, 1.807) is 0 Å². The van der Waals surface area contributed by atoms with E-state index in [1.165, 1.54) is 0 Å². The molecule has 0 saturated heterocycles. The summed E-state index contributed by atoms with van der Waals surface area (Å²) in [6, 6.07) is 36.5. The molecule has 0 aliphatic heterocycles. The minimum atomic E-state index is -0.338. The number of ketones is 1. The molecule has 0 fully saturated rings. The highest BCUT2D eigenvalue weighted by Gasteiger charge is 2.21. The summed E-state index contributed by atoms with van der Waals surface area (Å²) >= 11 is 6.09. The lowest BCUT2D eigenvalue weighted by molar-refractivity contribution is -0.0272. The molecule has 0 aliphatic rings. The molecular weight excluding hydrogens is 418 g/mol.